The van der Waals surface area contributed by atoms with Gasteiger partial charge < -0.3 is 10.1 Å². The first-order valence-corrected chi connectivity index (χ1v) is 9.77. The number of ether oxygens (including phenoxy) is 1. The minimum Gasteiger partial charge on any atom is -0.378 e. The molecule has 1 heterocycles. The highest BCUT2D eigenvalue weighted by Gasteiger charge is 2.49. The van der Waals surface area contributed by atoms with Gasteiger partial charge in [-0.15, -0.1) is 0 Å². The molecule has 5 nitrogen and oxygen atoms in total. The van der Waals surface area contributed by atoms with Crippen molar-refractivity contribution in [1.82, 2.24) is 9.62 Å². The number of rotatable bonds is 6. The van der Waals surface area contributed by atoms with Crippen LogP contribution in [0, 0.1) is 5.41 Å². The zero-order valence-electron chi connectivity index (χ0n) is 13.8. The molecule has 1 N–H and O–H groups in total. The minimum absolute atomic E-state index is 0.169. The molecule has 1 saturated carbocycles. The summed E-state index contributed by atoms with van der Waals surface area (Å²) in [6, 6.07) is 0.911. The van der Waals surface area contributed by atoms with E-state index in [0.29, 0.717) is 31.3 Å². The lowest BCUT2D eigenvalue weighted by atomic mass is 9.64. The van der Waals surface area contributed by atoms with Crippen molar-refractivity contribution in [2.24, 2.45) is 5.41 Å². The maximum absolute atomic E-state index is 11.9. The van der Waals surface area contributed by atoms with Gasteiger partial charge >= 0.3 is 0 Å². The third-order valence-electron chi connectivity index (χ3n) is 5.19. The van der Waals surface area contributed by atoms with Gasteiger partial charge in [0.25, 0.3) is 0 Å². The summed E-state index contributed by atoms with van der Waals surface area (Å²) >= 11 is 0. The Bertz CT molecular complexity index is 442. The van der Waals surface area contributed by atoms with Crippen molar-refractivity contribution < 1.29 is 13.2 Å². The van der Waals surface area contributed by atoms with Crippen LogP contribution < -0.4 is 5.32 Å². The molecule has 0 aromatic heterocycles. The second-order valence-corrected chi connectivity index (χ2v) is 9.05. The molecule has 0 aromatic carbocycles. The number of piperidine rings is 1. The predicted molar refractivity (Wildman–Crippen MR) is 84.8 cm³/mol. The molecule has 2 unspecified atom stereocenters. The van der Waals surface area contributed by atoms with Gasteiger partial charge in [0.15, 0.2) is 0 Å². The summed E-state index contributed by atoms with van der Waals surface area (Å²) in [5.74, 6) is 0.205. The summed E-state index contributed by atoms with van der Waals surface area (Å²) in [5.41, 5.74) is 0.169. The van der Waals surface area contributed by atoms with Crippen molar-refractivity contribution in [2.45, 2.75) is 65.1 Å². The molecule has 0 spiro atoms. The van der Waals surface area contributed by atoms with E-state index in [1.807, 2.05) is 6.92 Å². The molecule has 21 heavy (non-hydrogen) atoms. The first-order chi connectivity index (χ1) is 9.81. The van der Waals surface area contributed by atoms with Crippen LogP contribution in [-0.2, 0) is 14.8 Å². The van der Waals surface area contributed by atoms with Crippen molar-refractivity contribution in [3.05, 3.63) is 0 Å². The Labute approximate surface area is 129 Å². The number of nitrogens with zero attached hydrogens (tertiary/aromatic N) is 1. The van der Waals surface area contributed by atoms with Crippen molar-refractivity contribution in [3.8, 4) is 0 Å². The molecule has 0 bridgehead atoms. The third-order valence-corrected chi connectivity index (χ3v) is 7.08. The molecule has 0 aromatic rings. The molecular weight excluding hydrogens is 288 g/mol. The van der Waals surface area contributed by atoms with Crippen LogP contribution in [-0.4, -0.2) is 56.4 Å². The average molecular weight is 318 g/mol. The third kappa shape index (κ3) is 3.60. The molecule has 2 fully saturated rings. The van der Waals surface area contributed by atoms with Gasteiger partial charge in [0.05, 0.1) is 11.9 Å². The largest absolute Gasteiger partial charge is 0.378 e. The lowest BCUT2D eigenvalue weighted by Crippen LogP contribution is -2.63. The van der Waals surface area contributed by atoms with Crippen LogP contribution in [0.4, 0.5) is 0 Å². The van der Waals surface area contributed by atoms with E-state index >= 15 is 0 Å². The van der Waals surface area contributed by atoms with Crippen LogP contribution in [0.1, 0.15) is 47.0 Å². The molecule has 0 amide bonds. The van der Waals surface area contributed by atoms with Gasteiger partial charge in [0.2, 0.25) is 10.0 Å². The van der Waals surface area contributed by atoms with Gasteiger partial charge in [0.1, 0.15) is 0 Å². The van der Waals surface area contributed by atoms with Crippen molar-refractivity contribution in [2.75, 3.05) is 25.4 Å². The Kier molecular flexibility index (Phi) is 5.34. The first-order valence-electron chi connectivity index (χ1n) is 8.16. The summed E-state index contributed by atoms with van der Waals surface area (Å²) in [5, 5.41) is 3.72. The summed E-state index contributed by atoms with van der Waals surface area (Å²) in [6.07, 6.45) is 3.23. The van der Waals surface area contributed by atoms with E-state index in [2.05, 4.69) is 19.2 Å². The minimum atomic E-state index is -3.02. The van der Waals surface area contributed by atoms with Crippen molar-refractivity contribution in [1.29, 1.82) is 0 Å². The standard InChI is InChI=1S/C15H30N2O3S/c1-5-20-14-11-13(15(14,3)4)16-12-7-9-17(10-8-12)21(18,19)6-2/h12-14,16H,5-11H2,1-4H3. The normalized spacial score (nSPS) is 31.0. The molecule has 2 aliphatic rings. The second-order valence-electron chi connectivity index (χ2n) is 6.79. The first kappa shape index (κ1) is 17.2. The van der Waals surface area contributed by atoms with Gasteiger partial charge in [-0.25, -0.2) is 12.7 Å². The highest BCUT2D eigenvalue weighted by Crippen LogP contribution is 2.43. The Balaban J connectivity index is 1.80. The van der Waals surface area contributed by atoms with E-state index < -0.39 is 10.0 Å². The summed E-state index contributed by atoms with van der Waals surface area (Å²) in [4.78, 5) is 0. The molecule has 2 rings (SSSR count). The average Bonchev–Trinajstić information content (AvgIpc) is 2.47. The lowest BCUT2D eigenvalue weighted by molar-refractivity contribution is -0.117. The molecule has 6 heteroatoms. The lowest BCUT2D eigenvalue weighted by Gasteiger charge is -2.53. The molecule has 1 aliphatic carbocycles. The molecule has 1 aliphatic heterocycles. The second kappa shape index (κ2) is 6.52. The fourth-order valence-electron chi connectivity index (χ4n) is 3.42. The summed E-state index contributed by atoms with van der Waals surface area (Å²) in [6.45, 7) is 10.3. The molecule has 0 radical (unpaired) electrons. The van der Waals surface area contributed by atoms with Crippen LogP contribution in [0.25, 0.3) is 0 Å². The van der Waals surface area contributed by atoms with E-state index in [9.17, 15) is 8.42 Å². The quantitative estimate of drug-likeness (QED) is 0.808. The molecule has 1 saturated heterocycles. The van der Waals surface area contributed by atoms with Gasteiger partial charge in [-0.05, 0) is 33.1 Å². The topological polar surface area (TPSA) is 58.6 Å². The van der Waals surface area contributed by atoms with Crippen LogP contribution in [0.15, 0.2) is 0 Å². The fourth-order valence-corrected chi connectivity index (χ4v) is 4.55. The molecule has 2 atom stereocenters. The highest BCUT2D eigenvalue weighted by atomic mass is 32.2. The Morgan fingerprint density at radius 2 is 1.86 bits per heavy atom. The predicted octanol–water partition coefficient (Wildman–Crippen LogP) is 1.59. The maximum Gasteiger partial charge on any atom is 0.213 e. The van der Waals surface area contributed by atoms with Crippen LogP contribution in [0.3, 0.4) is 0 Å². The van der Waals surface area contributed by atoms with Crippen LogP contribution >= 0.6 is 0 Å². The monoisotopic (exact) mass is 318 g/mol. The SMILES string of the molecule is CCOC1CC(NC2CCN(S(=O)(=O)CC)CC2)C1(C)C. The number of hydrogen-bond donors (Lipinski definition) is 1. The van der Waals surface area contributed by atoms with Gasteiger partial charge in [-0.2, -0.15) is 0 Å². The van der Waals surface area contributed by atoms with E-state index in [1.54, 1.807) is 11.2 Å². The molecular formula is C15H30N2O3S. The van der Waals surface area contributed by atoms with E-state index in [-0.39, 0.29) is 11.2 Å². The highest BCUT2D eigenvalue weighted by molar-refractivity contribution is 7.89. The van der Waals surface area contributed by atoms with Gasteiger partial charge in [-0.1, -0.05) is 13.8 Å². The number of hydrogen-bond acceptors (Lipinski definition) is 4. The Hall–Kier alpha value is -0.170. The van der Waals surface area contributed by atoms with Gasteiger partial charge in [0, 0.05) is 37.2 Å². The Morgan fingerprint density at radius 3 is 2.33 bits per heavy atom. The van der Waals surface area contributed by atoms with E-state index in [0.717, 1.165) is 25.9 Å². The number of nitrogens with one attached hydrogen (secondary N) is 1. The van der Waals surface area contributed by atoms with Gasteiger partial charge in [-0.3, -0.25) is 0 Å². The van der Waals surface area contributed by atoms with E-state index in [4.69, 9.17) is 4.74 Å². The van der Waals surface area contributed by atoms with Crippen molar-refractivity contribution in [3.63, 3.8) is 0 Å². The number of sulfonamides is 1. The Morgan fingerprint density at radius 1 is 1.24 bits per heavy atom. The molecule has 124 valence electrons. The zero-order chi connectivity index (χ0) is 15.7. The van der Waals surface area contributed by atoms with Crippen LogP contribution in [0.2, 0.25) is 0 Å². The smallest absolute Gasteiger partial charge is 0.213 e. The summed E-state index contributed by atoms with van der Waals surface area (Å²) < 4.78 is 31.1. The maximum atomic E-state index is 11.9. The van der Waals surface area contributed by atoms with Crippen molar-refractivity contribution >= 4 is 10.0 Å². The zero-order valence-corrected chi connectivity index (χ0v) is 14.6. The fraction of sp³-hybridized carbons (Fsp3) is 1.00. The van der Waals surface area contributed by atoms with E-state index in [1.165, 1.54) is 0 Å². The summed E-state index contributed by atoms with van der Waals surface area (Å²) in [7, 11) is -3.02. The van der Waals surface area contributed by atoms with Crippen LogP contribution in [0.5, 0.6) is 0 Å².